The summed E-state index contributed by atoms with van der Waals surface area (Å²) in [4.78, 5) is 21.3. The Morgan fingerprint density at radius 3 is 1.56 bits per heavy atom. The smallest absolute Gasteiger partial charge is 0.165 e. The maximum absolute atomic E-state index is 5.44. The van der Waals surface area contributed by atoms with Gasteiger partial charge in [-0.15, -0.1) is 0 Å². The zero-order valence-corrected chi connectivity index (χ0v) is 32.2. The molecule has 10 aromatic rings. The van der Waals surface area contributed by atoms with Gasteiger partial charge in [-0.05, 0) is 64.4 Å². The molecule has 4 heterocycles. The molecule has 5 nitrogen and oxygen atoms in total. The maximum atomic E-state index is 5.44. The lowest BCUT2D eigenvalue weighted by atomic mass is 9.89. The molecule has 6 aromatic carbocycles. The van der Waals surface area contributed by atoms with Gasteiger partial charge >= 0.3 is 0 Å². The monoisotopic (exact) mass is 755 g/mol. The molecule has 0 saturated carbocycles. The normalized spacial score (nSPS) is 12.2. The summed E-state index contributed by atoms with van der Waals surface area (Å²) in [5.74, 6) is 0.676. The SMILES string of the molecule is C1=Cc2c(c(-c3cccc(-c4c(-c5ccc(-c6ccccc6)cc5)nc(-c5ccccc5)nc4-c4ccc(-c5ccccc5)cc4)c3)nc3c2nc2ccccn23)CC1. The van der Waals surface area contributed by atoms with Gasteiger partial charge < -0.3 is 0 Å². The predicted molar refractivity (Wildman–Crippen MR) is 241 cm³/mol. The van der Waals surface area contributed by atoms with E-state index < -0.39 is 0 Å². The predicted octanol–water partition coefficient (Wildman–Crippen LogP) is 13.3. The molecule has 1 aliphatic carbocycles. The van der Waals surface area contributed by atoms with E-state index in [-0.39, 0.29) is 0 Å². The first-order valence-corrected chi connectivity index (χ1v) is 20.1. The lowest BCUT2D eigenvalue weighted by Gasteiger charge is -2.19. The number of hydrogen-bond donors (Lipinski definition) is 0. The van der Waals surface area contributed by atoms with Crippen molar-refractivity contribution in [3.63, 3.8) is 0 Å². The quantitative estimate of drug-likeness (QED) is 0.163. The van der Waals surface area contributed by atoms with Crippen LogP contribution in [0.4, 0.5) is 0 Å². The second-order valence-electron chi connectivity index (χ2n) is 15.0. The van der Waals surface area contributed by atoms with Crippen LogP contribution in [0.2, 0.25) is 0 Å². The van der Waals surface area contributed by atoms with Gasteiger partial charge in [-0.1, -0.05) is 176 Å². The van der Waals surface area contributed by atoms with Crippen molar-refractivity contribution in [2.24, 2.45) is 0 Å². The minimum atomic E-state index is 0.676. The van der Waals surface area contributed by atoms with Crippen molar-refractivity contribution in [1.29, 1.82) is 0 Å². The van der Waals surface area contributed by atoms with Crippen LogP contribution in [-0.2, 0) is 6.42 Å². The number of aromatic nitrogens is 5. The van der Waals surface area contributed by atoms with Crippen molar-refractivity contribution in [2.75, 3.05) is 0 Å². The van der Waals surface area contributed by atoms with E-state index in [0.29, 0.717) is 5.82 Å². The molecular formula is C54H37N5. The van der Waals surface area contributed by atoms with Crippen molar-refractivity contribution >= 4 is 22.9 Å². The Morgan fingerprint density at radius 1 is 0.407 bits per heavy atom. The molecule has 0 saturated heterocycles. The van der Waals surface area contributed by atoms with Crippen molar-refractivity contribution in [2.45, 2.75) is 12.8 Å². The highest BCUT2D eigenvalue weighted by Crippen LogP contribution is 2.43. The minimum absolute atomic E-state index is 0.676. The van der Waals surface area contributed by atoms with Crippen LogP contribution in [0.1, 0.15) is 17.5 Å². The Labute approximate surface area is 342 Å². The first-order valence-electron chi connectivity index (χ1n) is 20.1. The zero-order valence-electron chi connectivity index (χ0n) is 32.2. The highest BCUT2D eigenvalue weighted by Gasteiger charge is 2.24. The van der Waals surface area contributed by atoms with Crippen LogP contribution in [0, 0.1) is 0 Å². The van der Waals surface area contributed by atoms with Gasteiger partial charge in [0.25, 0.3) is 0 Å². The number of allylic oxidation sites excluding steroid dienone is 1. The molecule has 0 radical (unpaired) electrons. The molecule has 0 amide bonds. The van der Waals surface area contributed by atoms with Gasteiger partial charge in [-0.2, -0.15) is 0 Å². The summed E-state index contributed by atoms with van der Waals surface area (Å²) >= 11 is 0. The Morgan fingerprint density at radius 2 is 0.932 bits per heavy atom. The van der Waals surface area contributed by atoms with Crippen LogP contribution >= 0.6 is 0 Å². The van der Waals surface area contributed by atoms with Crippen LogP contribution in [0.25, 0.3) is 101 Å². The summed E-state index contributed by atoms with van der Waals surface area (Å²) < 4.78 is 2.09. The molecule has 278 valence electrons. The lowest BCUT2D eigenvalue weighted by molar-refractivity contribution is 0.979. The van der Waals surface area contributed by atoms with E-state index in [1.54, 1.807) is 0 Å². The average molecular weight is 756 g/mol. The molecule has 59 heavy (non-hydrogen) atoms. The van der Waals surface area contributed by atoms with Gasteiger partial charge in [0.1, 0.15) is 11.2 Å². The van der Waals surface area contributed by atoms with Crippen LogP contribution < -0.4 is 0 Å². The van der Waals surface area contributed by atoms with E-state index in [4.69, 9.17) is 19.9 Å². The van der Waals surface area contributed by atoms with Gasteiger partial charge in [0.2, 0.25) is 0 Å². The highest BCUT2D eigenvalue weighted by molar-refractivity contribution is 5.95. The van der Waals surface area contributed by atoms with E-state index in [1.165, 1.54) is 16.7 Å². The number of hydrogen-bond acceptors (Lipinski definition) is 4. The first-order chi connectivity index (χ1) is 29.2. The zero-order chi connectivity index (χ0) is 39.1. The third-order valence-electron chi connectivity index (χ3n) is 11.3. The average Bonchev–Trinajstić information content (AvgIpc) is 3.71. The number of pyridine rings is 2. The second kappa shape index (κ2) is 14.6. The Kier molecular flexibility index (Phi) is 8.55. The molecule has 0 fully saturated rings. The Balaban J connectivity index is 1.15. The summed E-state index contributed by atoms with van der Waals surface area (Å²) in [6.45, 7) is 0. The third-order valence-corrected chi connectivity index (χ3v) is 11.3. The van der Waals surface area contributed by atoms with Crippen LogP contribution in [0.15, 0.2) is 194 Å². The van der Waals surface area contributed by atoms with E-state index >= 15 is 0 Å². The van der Waals surface area contributed by atoms with Gasteiger partial charge in [0.15, 0.2) is 11.5 Å². The van der Waals surface area contributed by atoms with Crippen molar-refractivity contribution in [3.8, 4) is 78.5 Å². The number of nitrogens with zero attached hydrogens (tertiary/aromatic N) is 5. The van der Waals surface area contributed by atoms with Gasteiger partial charge in [-0.3, -0.25) is 4.40 Å². The molecule has 0 bridgehead atoms. The van der Waals surface area contributed by atoms with Gasteiger partial charge in [0, 0.05) is 39.6 Å². The molecular weight excluding hydrogens is 719 g/mol. The van der Waals surface area contributed by atoms with Crippen LogP contribution in [0.5, 0.6) is 0 Å². The Bertz CT molecular complexity index is 3060. The second-order valence-corrected chi connectivity index (χ2v) is 15.0. The van der Waals surface area contributed by atoms with Crippen LogP contribution in [0.3, 0.4) is 0 Å². The van der Waals surface area contributed by atoms with Crippen molar-refractivity contribution in [3.05, 3.63) is 205 Å². The molecule has 0 N–H and O–H groups in total. The fourth-order valence-corrected chi connectivity index (χ4v) is 8.41. The summed E-state index contributed by atoms with van der Waals surface area (Å²) in [6.07, 6.45) is 8.39. The molecule has 5 heteroatoms. The maximum Gasteiger partial charge on any atom is 0.165 e. The molecule has 0 aliphatic heterocycles. The Hall–Kier alpha value is -7.76. The molecule has 0 atom stereocenters. The van der Waals surface area contributed by atoms with E-state index in [1.807, 2.05) is 42.6 Å². The van der Waals surface area contributed by atoms with Crippen molar-refractivity contribution < 1.29 is 0 Å². The van der Waals surface area contributed by atoms with Gasteiger partial charge in [-0.25, -0.2) is 19.9 Å². The number of imidazole rings is 1. The number of benzene rings is 6. The summed E-state index contributed by atoms with van der Waals surface area (Å²) in [5, 5.41) is 0. The highest BCUT2D eigenvalue weighted by atomic mass is 15.1. The number of fused-ring (bicyclic) bond motifs is 5. The first kappa shape index (κ1) is 34.5. The lowest BCUT2D eigenvalue weighted by Crippen LogP contribution is -2.03. The van der Waals surface area contributed by atoms with Gasteiger partial charge in [0.05, 0.1) is 17.1 Å². The molecule has 4 aromatic heterocycles. The standard InChI is InChI=1S/C54H37N5/c1-4-15-36(16-5-1)38-26-30-40(31-27-38)50-48(51(57-53(56-50)42-19-8-3-9-20-42)41-32-28-39(29-33-41)37-17-6-2-7-18-37)43-21-14-22-44(35-43)49-45-23-10-11-24-46(45)52-54(58-49)59-34-13-12-25-47(59)55-52/h1-9,11-22,24-35H,10,23H2. The van der Waals surface area contributed by atoms with Crippen LogP contribution in [-0.4, -0.2) is 24.3 Å². The molecule has 0 spiro atoms. The van der Waals surface area contributed by atoms with E-state index in [2.05, 4.69) is 162 Å². The largest absolute Gasteiger partial charge is 0.284 e. The van der Waals surface area contributed by atoms with E-state index in [0.717, 1.165) is 96.8 Å². The summed E-state index contributed by atoms with van der Waals surface area (Å²) in [5.41, 5.74) is 18.5. The fourth-order valence-electron chi connectivity index (χ4n) is 8.41. The van der Waals surface area contributed by atoms with E-state index in [9.17, 15) is 0 Å². The molecule has 11 rings (SSSR count). The molecule has 0 unspecified atom stereocenters. The summed E-state index contributed by atoms with van der Waals surface area (Å²) in [7, 11) is 0. The third kappa shape index (κ3) is 6.30. The topological polar surface area (TPSA) is 56.0 Å². The fraction of sp³-hybridized carbons (Fsp3) is 0.0370. The number of rotatable bonds is 7. The van der Waals surface area contributed by atoms with Crippen molar-refractivity contribution in [1.82, 2.24) is 24.3 Å². The summed E-state index contributed by atoms with van der Waals surface area (Å²) in [6, 6.07) is 63.7. The molecule has 1 aliphatic rings. The minimum Gasteiger partial charge on any atom is -0.284 e.